The number of ether oxygens (including phenoxy) is 1. The monoisotopic (exact) mass is 529 g/mol. The van der Waals surface area contributed by atoms with Crippen LogP contribution in [0.5, 0.6) is 0 Å². The van der Waals surface area contributed by atoms with Gasteiger partial charge in [0.05, 0.1) is 5.92 Å². The lowest BCUT2D eigenvalue weighted by Crippen LogP contribution is -2.54. The summed E-state index contributed by atoms with van der Waals surface area (Å²) in [7, 11) is 0. The van der Waals surface area contributed by atoms with E-state index >= 15 is 0 Å². The van der Waals surface area contributed by atoms with Crippen LogP contribution in [-0.2, 0) is 16.1 Å². The average Bonchev–Trinajstić information content (AvgIpc) is 3.73. The van der Waals surface area contributed by atoms with Gasteiger partial charge in [0.1, 0.15) is 6.61 Å². The van der Waals surface area contributed by atoms with E-state index in [1.165, 1.54) is 22.3 Å². The number of nitrogens with zero attached hydrogens (tertiary/aromatic N) is 2. The van der Waals surface area contributed by atoms with Crippen LogP contribution in [0.1, 0.15) is 41.9 Å². The Morgan fingerprint density at radius 1 is 0.921 bits per heavy atom. The average molecular weight is 530 g/mol. The number of amides is 2. The number of benzene rings is 3. The molecule has 38 heavy (non-hydrogen) atoms. The van der Waals surface area contributed by atoms with Crippen LogP contribution in [0, 0.1) is 5.92 Å². The van der Waals surface area contributed by atoms with Gasteiger partial charge in [-0.05, 0) is 53.1 Å². The predicted octanol–water partition coefficient (Wildman–Crippen LogP) is 5.43. The van der Waals surface area contributed by atoms with Gasteiger partial charge in [-0.25, -0.2) is 4.79 Å². The first-order chi connectivity index (χ1) is 18.5. The van der Waals surface area contributed by atoms with Gasteiger partial charge in [0.15, 0.2) is 0 Å². The lowest BCUT2D eigenvalue weighted by atomic mass is 9.93. The highest BCUT2D eigenvalue weighted by molar-refractivity contribution is 6.31. The molecule has 3 aromatic rings. The number of rotatable bonds is 6. The Bertz CT molecular complexity index is 1310. The van der Waals surface area contributed by atoms with Gasteiger partial charge in [0.2, 0.25) is 5.91 Å². The Labute approximate surface area is 228 Å². The van der Waals surface area contributed by atoms with E-state index in [0.717, 1.165) is 18.4 Å². The molecule has 7 heteroatoms. The van der Waals surface area contributed by atoms with Crippen molar-refractivity contribution in [3.8, 4) is 11.1 Å². The Hall–Kier alpha value is -3.35. The van der Waals surface area contributed by atoms with Gasteiger partial charge in [0.25, 0.3) is 0 Å². The summed E-state index contributed by atoms with van der Waals surface area (Å²) < 4.78 is 5.88. The fourth-order valence-electron chi connectivity index (χ4n) is 5.97. The van der Waals surface area contributed by atoms with Crippen molar-refractivity contribution in [2.75, 3.05) is 19.7 Å². The van der Waals surface area contributed by atoms with E-state index < -0.39 is 6.09 Å². The number of carbonyl (C=O) groups excluding carboxylic acids is 2. The lowest BCUT2D eigenvalue weighted by Gasteiger charge is -2.37. The van der Waals surface area contributed by atoms with Crippen molar-refractivity contribution in [2.24, 2.45) is 11.7 Å². The van der Waals surface area contributed by atoms with Gasteiger partial charge >= 0.3 is 6.09 Å². The van der Waals surface area contributed by atoms with Crippen LogP contribution < -0.4 is 5.73 Å². The summed E-state index contributed by atoms with van der Waals surface area (Å²) in [4.78, 5) is 30.5. The lowest BCUT2D eigenvalue weighted by molar-refractivity contribution is -0.138. The van der Waals surface area contributed by atoms with Crippen LogP contribution in [0.15, 0.2) is 72.8 Å². The molecule has 3 aliphatic rings. The number of piperidine rings is 1. The molecule has 2 aliphatic carbocycles. The van der Waals surface area contributed by atoms with E-state index in [9.17, 15) is 9.59 Å². The number of carbonyl (C=O) groups is 2. The molecule has 2 N–H and O–H groups in total. The van der Waals surface area contributed by atoms with Crippen LogP contribution in [0.4, 0.5) is 4.79 Å². The maximum Gasteiger partial charge on any atom is 0.409 e. The van der Waals surface area contributed by atoms with Crippen molar-refractivity contribution in [3.63, 3.8) is 0 Å². The molecule has 2 fully saturated rings. The van der Waals surface area contributed by atoms with Crippen molar-refractivity contribution in [1.29, 1.82) is 0 Å². The van der Waals surface area contributed by atoms with E-state index in [-0.39, 0.29) is 36.4 Å². The Morgan fingerprint density at radius 3 is 2.21 bits per heavy atom. The molecule has 0 spiro atoms. The summed E-state index contributed by atoms with van der Waals surface area (Å²) in [6.07, 6.45) is 2.12. The van der Waals surface area contributed by atoms with Gasteiger partial charge in [-0.2, -0.15) is 0 Å². The first kappa shape index (κ1) is 25.0. The van der Waals surface area contributed by atoms with Crippen molar-refractivity contribution in [2.45, 2.75) is 43.8 Å². The van der Waals surface area contributed by atoms with E-state index in [1.807, 2.05) is 53.4 Å². The number of fused-ring (bicyclic) bond motifs is 3. The third-order valence-electron chi connectivity index (χ3n) is 8.00. The molecule has 0 unspecified atom stereocenters. The third kappa shape index (κ3) is 4.91. The van der Waals surface area contributed by atoms with E-state index in [1.54, 1.807) is 4.90 Å². The van der Waals surface area contributed by atoms with Crippen molar-refractivity contribution in [3.05, 3.63) is 94.5 Å². The molecule has 1 heterocycles. The van der Waals surface area contributed by atoms with Crippen molar-refractivity contribution in [1.82, 2.24) is 9.80 Å². The van der Waals surface area contributed by atoms with Crippen LogP contribution in [0.25, 0.3) is 11.1 Å². The summed E-state index contributed by atoms with van der Waals surface area (Å²) in [5.41, 5.74) is 12.0. The summed E-state index contributed by atoms with van der Waals surface area (Å²) in [6.45, 7) is 1.42. The molecule has 3 aromatic carbocycles. The van der Waals surface area contributed by atoms with Crippen LogP contribution in [-0.4, -0.2) is 53.6 Å². The van der Waals surface area contributed by atoms with Crippen molar-refractivity contribution >= 4 is 23.6 Å². The number of nitrogens with two attached hydrogens (primary N) is 1. The zero-order valence-corrected chi connectivity index (χ0v) is 22.0. The minimum atomic E-state index is -0.413. The van der Waals surface area contributed by atoms with Crippen LogP contribution in [0.2, 0.25) is 5.02 Å². The Balaban J connectivity index is 1.13. The second kappa shape index (κ2) is 10.4. The molecule has 2 amide bonds. The molecule has 0 bridgehead atoms. The summed E-state index contributed by atoms with van der Waals surface area (Å²) in [5, 5.41) is 0.659. The first-order valence-corrected chi connectivity index (χ1v) is 13.8. The van der Waals surface area contributed by atoms with Gasteiger partial charge in [-0.3, -0.25) is 4.79 Å². The second-order valence-corrected chi connectivity index (χ2v) is 11.1. The highest BCUT2D eigenvalue weighted by Gasteiger charge is 2.40. The number of likely N-dealkylation sites (tertiary alicyclic amines) is 1. The number of hydrogen-bond acceptors (Lipinski definition) is 4. The largest absolute Gasteiger partial charge is 0.448 e. The highest BCUT2D eigenvalue weighted by Crippen LogP contribution is 2.44. The fraction of sp³-hybridized carbons (Fsp3) is 0.355. The molecule has 0 radical (unpaired) electrons. The zero-order chi connectivity index (χ0) is 26.2. The minimum absolute atomic E-state index is 0.0109. The topological polar surface area (TPSA) is 75.9 Å². The van der Waals surface area contributed by atoms with E-state index in [2.05, 4.69) is 24.3 Å². The minimum Gasteiger partial charge on any atom is -0.448 e. The van der Waals surface area contributed by atoms with Crippen molar-refractivity contribution < 1.29 is 14.3 Å². The van der Waals surface area contributed by atoms with Gasteiger partial charge in [-0.1, -0.05) is 78.3 Å². The molecule has 2 atom stereocenters. The molecule has 6 rings (SSSR count). The third-order valence-corrected chi connectivity index (χ3v) is 8.36. The molecule has 1 saturated heterocycles. The molecular formula is C31H32ClN3O3. The standard InChI is InChI=1S/C31H32ClN3O3/c32-29-12-6-1-7-20(29)17-35(23-13-14-23)30(36)21-15-22(33)18-34(16-21)31(37)38-19-28-26-10-4-2-8-24(26)25-9-3-5-11-27(25)28/h1-12,21-23,28H,13-19,33H2/t21-,22+/m0/s1. The molecular weight excluding hydrogens is 498 g/mol. The summed E-state index contributed by atoms with van der Waals surface area (Å²) in [5.74, 6) is -0.329. The molecule has 1 aliphatic heterocycles. The normalized spacial score (nSPS) is 20.5. The summed E-state index contributed by atoms with van der Waals surface area (Å²) in [6, 6.07) is 24.1. The maximum absolute atomic E-state index is 13.7. The second-order valence-electron chi connectivity index (χ2n) is 10.7. The number of hydrogen-bond donors (Lipinski definition) is 1. The molecule has 0 aromatic heterocycles. The van der Waals surface area contributed by atoms with E-state index in [0.29, 0.717) is 31.1 Å². The quantitative estimate of drug-likeness (QED) is 0.462. The Kier molecular flexibility index (Phi) is 6.85. The highest BCUT2D eigenvalue weighted by atomic mass is 35.5. The maximum atomic E-state index is 13.7. The van der Waals surface area contributed by atoms with Gasteiger partial charge < -0.3 is 20.3 Å². The predicted molar refractivity (Wildman–Crippen MR) is 148 cm³/mol. The Morgan fingerprint density at radius 2 is 1.55 bits per heavy atom. The first-order valence-electron chi connectivity index (χ1n) is 13.4. The van der Waals surface area contributed by atoms with Crippen LogP contribution >= 0.6 is 11.6 Å². The number of halogens is 1. The summed E-state index contributed by atoms with van der Waals surface area (Å²) >= 11 is 6.40. The molecule has 1 saturated carbocycles. The fourth-order valence-corrected chi connectivity index (χ4v) is 6.16. The molecule has 196 valence electrons. The molecule has 6 nitrogen and oxygen atoms in total. The van der Waals surface area contributed by atoms with Gasteiger partial charge in [0, 0.05) is 42.7 Å². The van der Waals surface area contributed by atoms with Gasteiger partial charge in [-0.15, -0.1) is 0 Å². The van der Waals surface area contributed by atoms with Crippen LogP contribution in [0.3, 0.4) is 0 Å². The van der Waals surface area contributed by atoms with E-state index in [4.69, 9.17) is 22.1 Å². The SMILES string of the molecule is N[C@@H]1C[C@H](C(=O)N(Cc2ccccc2Cl)C2CC2)CN(C(=O)OCC2c3ccccc3-c3ccccc32)C1. The smallest absolute Gasteiger partial charge is 0.409 e. The zero-order valence-electron chi connectivity index (χ0n) is 21.3.